The predicted octanol–water partition coefficient (Wildman–Crippen LogP) is 3.60. The summed E-state index contributed by atoms with van der Waals surface area (Å²) in [6.07, 6.45) is 3.52. The Bertz CT molecular complexity index is 609. The number of piperidine rings is 2. The third-order valence-electron chi connectivity index (χ3n) is 5.34. The van der Waals surface area contributed by atoms with Gasteiger partial charge >= 0.3 is 6.03 Å². The topological polar surface area (TPSA) is 52.7 Å². The first kappa shape index (κ1) is 17.1. The number of benzene rings is 1. The number of halogens is 1. The molecule has 3 amide bonds. The van der Waals surface area contributed by atoms with Crippen LogP contribution in [0.2, 0.25) is 5.02 Å². The van der Waals surface area contributed by atoms with Crippen LogP contribution in [-0.4, -0.2) is 47.9 Å². The molecule has 0 atom stereocenters. The predicted molar refractivity (Wildman–Crippen MR) is 95.2 cm³/mol. The third-order valence-corrected chi connectivity index (χ3v) is 5.59. The van der Waals surface area contributed by atoms with Crippen LogP contribution >= 0.6 is 11.6 Å². The quantitative estimate of drug-likeness (QED) is 0.887. The van der Waals surface area contributed by atoms with Gasteiger partial charge in [0.2, 0.25) is 5.91 Å². The Hall–Kier alpha value is -1.75. The Kier molecular flexibility index (Phi) is 4.99. The fourth-order valence-electron chi connectivity index (χ4n) is 3.72. The molecule has 0 unspecified atom stereocenters. The number of likely N-dealkylation sites (tertiary alicyclic amines) is 2. The number of rotatable bonds is 2. The molecule has 0 aromatic heterocycles. The van der Waals surface area contributed by atoms with Gasteiger partial charge in [-0.15, -0.1) is 0 Å². The molecule has 2 aliphatic rings. The molecule has 2 saturated heterocycles. The first-order valence-electron chi connectivity index (χ1n) is 8.61. The van der Waals surface area contributed by atoms with Gasteiger partial charge in [-0.3, -0.25) is 4.79 Å². The second-order valence-electron chi connectivity index (χ2n) is 6.83. The van der Waals surface area contributed by atoms with E-state index in [4.69, 9.17) is 11.6 Å². The van der Waals surface area contributed by atoms with Crippen molar-refractivity contribution in [1.82, 2.24) is 9.80 Å². The summed E-state index contributed by atoms with van der Waals surface area (Å²) in [5.74, 6) is 0.269. The minimum Gasteiger partial charge on any atom is -0.342 e. The number of anilines is 1. The van der Waals surface area contributed by atoms with Crippen LogP contribution < -0.4 is 5.32 Å². The summed E-state index contributed by atoms with van der Waals surface area (Å²) in [6, 6.07) is 7.07. The lowest BCUT2D eigenvalue weighted by molar-refractivity contribution is -0.138. The van der Waals surface area contributed by atoms with E-state index in [0.717, 1.165) is 51.1 Å². The molecule has 0 radical (unpaired) electrons. The molecule has 6 heteroatoms. The highest BCUT2D eigenvalue weighted by Crippen LogP contribution is 2.40. The zero-order chi connectivity index (χ0) is 17.2. The van der Waals surface area contributed by atoms with Crippen molar-refractivity contribution in [3.05, 3.63) is 29.3 Å². The first-order chi connectivity index (χ1) is 11.5. The van der Waals surface area contributed by atoms with E-state index in [2.05, 4.69) is 5.32 Å². The second kappa shape index (κ2) is 7.01. The maximum atomic E-state index is 12.4. The van der Waals surface area contributed by atoms with E-state index < -0.39 is 0 Å². The van der Waals surface area contributed by atoms with E-state index in [1.165, 1.54) is 0 Å². The maximum Gasteiger partial charge on any atom is 0.321 e. The molecule has 2 aliphatic heterocycles. The summed E-state index contributed by atoms with van der Waals surface area (Å²) in [5, 5.41) is 3.57. The van der Waals surface area contributed by atoms with Gasteiger partial charge in [0, 0.05) is 43.3 Å². The third kappa shape index (κ3) is 3.66. The molecule has 130 valence electrons. The second-order valence-corrected chi connectivity index (χ2v) is 7.27. The van der Waals surface area contributed by atoms with Crippen LogP contribution in [0, 0.1) is 5.41 Å². The summed E-state index contributed by atoms with van der Waals surface area (Å²) in [5.41, 5.74) is 0.950. The Labute approximate surface area is 147 Å². The lowest BCUT2D eigenvalue weighted by atomic mass is 9.72. The van der Waals surface area contributed by atoms with E-state index in [-0.39, 0.29) is 17.4 Å². The highest BCUT2D eigenvalue weighted by Gasteiger charge is 2.41. The van der Waals surface area contributed by atoms with Crippen LogP contribution in [0.15, 0.2) is 24.3 Å². The van der Waals surface area contributed by atoms with E-state index in [0.29, 0.717) is 11.4 Å². The van der Waals surface area contributed by atoms with Crippen LogP contribution in [0.3, 0.4) is 0 Å². The van der Waals surface area contributed by atoms with Crippen molar-refractivity contribution < 1.29 is 9.59 Å². The Morgan fingerprint density at radius 2 is 1.88 bits per heavy atom. The molecule has 1 aromatic rings. The fourth-order valence-corrected chi connectivity index (χ4v) is 3.84. The van der Waals surface area contributed by atoms with Crippen molar-refractivity contribution in [3.8, 4) is 0 Å². The number of hydrogen-bond acceptors (Lipinski definition) is 2. The average Bonchev–Trinajstić information content (AvgIpc) is 2.60. The standard InChI is InChI=1S/C18H24ClN3O2/c1-2-21-13-18(8-7-16(21)23)9-11-22(12-10-18)17(24)20-15-5-3-14(19)4-6-15/h3-6H,2,7-13H2,1H3,(H,20,24). The molecule has 1 spiro atoms. The van der Waals surface area contributed by atoms with Gasteiger partial charge in [-0.25, -0.2) is 4.79 Å². The number of urea groups is 1. The summed E-state index contributed by atoms with van der Waals surface area (Å²) in [4.78, 5) is 28.1. The zero-order valence-corrected chi connectivity index (χ0v) is 14.8. The number of carbonyl (C=O) groups is 2. The van der Waals surface area contributed by atoms with E-state index in [1.807, 2.05) is 16.7 Å². The van der Waals surface area contributed by atoms with E-state index >= 15 is 0 Å². The highest BCUT2D eigenvalue weighted by molar-refractivity contribution is 6.30. The monoisotopic (exact) mass is 349 g/mol. The molecule has 1 N–H and O–H groups in total. The van der Waals surface area contributed by atoms with Crippen molar-refractivity contribution in [2.24, 2.45) is 5.41 Å². The number of amides is 3. The number of hydrogen-bond donors (Lipinski definition) is 1. The van der Waals surface area contributed by atoms with Crippen molar-refractivity contribution in [1.29, 1.82) is 0 Å². The van der Waals surface area contributed by atoms with Crippen LogP contribution in [0.1, 0.15) is 32.6 Å². The number of carbonyl (C=O) groups excluding carboxylic acids is 2. The Balaban J connectivity index is 1.55. The van der Waals surface area contributed by atoms with Gasteiger partial charge < -0.3 is 15.1 Å². The number of nitrogens with zero attached hydrogens (tertiary/aromatic N) is 2. The van der Waals surface area contributed by atoms with Crippen molar-refractivity contribution in [2.75, 3.05) is 31.5 Å². The van der Waals surface area contributed by atoms with Crippen LogP contribution in [0.5, 0.6) is 0 Å². The molecule has 1 aromatic carbocycles. The van der Waals surface area contributed by atoms with Crippen LogP contribution in [0.25, 0.3) is 0 Å². The minimum atomic E-state index is -0.0635. The molecule has 5 nitrogen and oxygen atoms in total. The van der Waals surface area contributed by atoms with Crippen LogP contribution in [0.4, 0.5) is 10.5 Å². The van der Waals surface area contributed by atoms with E-state index in [1.54, 1.807) is 24.3 Å². The molecular weight excluding hydrogens is 326 g/mol. The molecule has 0 bridgehead atoms. The molecule has 3 rings (SSSR count). The van der Waals surface area contributed by atoms with Gasteiger partial charge in [0.15, 0.2) is 0 Å². The zero-order valence-electron chi connectivity index (χ0n) is 14.1. The first-order valence-corrected chi connectivity index (χ1v) is 8.98. The summed E-state index contributed by atoms with van der Waals surface area (Å²) < 4.78 is 0. The normalized spacial score (nSPS) is 20.3. The van der Waals surface area contributed by atoms with Gasteiger partial charge in [0.1, 0.15) is 0 Å². The van der Waals surface area contributed by atoms with Crippen LogP contribution in [-0.2, 0) is 4.79 Å². The maximum absolute atomic E-state index is 12.4. The average molecular weight is 350 g/mol. The largest absolute Gasteiger partial charge is 0.342 e. The van der Waals surface area contributed by atoms with E-state index in [9.17, 15) is 9.59 Å². The lowest BCUT2D eigenvalue weighted by Gasteiger charge is -2.47. The smallest absolute Gasteiger partial charge is 0.321 e. The van der Waals surface area contributed by atoms with Crippen molar-refractivity contribution in [2.45, 2.75) is 32.6 Å². The molecule has 2 fully saturated rings. The lowest BCUT2D eigenvalue weighted by Crippen LogP contribution is -2.52. The molecular formula is C18H24ClN3O2. The molecule has 2 heterocycles. The Morgan fingerprint density at radius 3 is 2.50 bits per heavy atom. The summed E-state index contributed by atoms with van der Waals surface area (Å²) in [6.45, 7) is 5.14. The summed E-state index contributed by atoms with van der Waals surface area (Å²) >= 11 is 5.86. The van der Waals surface area contributed by atoms with Gasteiger partial charge in [0.25, 0.3) is 0 Å². The van der Waals surface area contributed by atoms with Gasteiger partial charge in [0.05, 0.1) is 0 Å². The SMILES string of the molecule is CCN1CC2(CCC1=O)CCN(C(=O)Nc1ccc(Cl)cc1)CC2. The molecule has 24 heavy (non-hydrogen) atoms. The number of nitrogens with one attached hydrogen (secondary N) is 1. The van der Waals surface area contributed by atoms with Crippen molar-refractivity contribution >= 4 is 29.2 Å². The fraction of sp³-hybridized carbons (Fsp3) is 0.556. The summed E-state index contributed by atoms with van der Waals surface area (Å²) in [7, 11) is 0. The highest BCUT2D eigenvalue weighted by atomic mass is 35.5. The van der Waals surface area contributed by atoms with Crippen molar-refractivity contribution in [3.63, 3.8) is 0 Å². The molecule has 0 saturated carbocycles. The Morgan fingerprint density at radius 1 is 1.21 bits per heavy atom. The van der Waals surface area contributed by atoms with Gasteiger partial charge in [-0.2, -0.15) is 0 Å². The van der Waals surface area contributed by atoms with Gasteiger partial charge in [-0.1, -0.05) is 11.6 Å². The minimum absolute atomic E-state index is 0.0635. The van der Waals surface area contributed by atoms with Gasteiger partial charge in [-0.05, 0) is 55.9 Å². The molecule has 0 aliphatic carbocycles.